The van der Waals surface area contributed by atoms with E-state index in [9.17, 15) is 8.42 Å². The third kappa shape index (κ3) is 2.56. The zero-order valence-electron chi connectivity index (χ0n) is 11.0. The molecule has 7 heteroatoms. The van der Waals surface area contributed by atoms with Crippen molar-refractivity contribution in [2.75, 3.05) is 22.2 Å². The van der Waals surface area contributed by atoms with Crippen molar-refractivity contribution < 1.29 is 8.42 Å². The van der Waals surface area contributed by atoms with Crippen LogP contribution in [0, 0.1) is 0 Å². The molecule has 0 radical (unpaired) electrons. The first-order valence-corrected chi connectivity index (χ1v) is 9.64. The summed E-state index contributed by atoms with van der Waals surface area (Å²) in [6.07, 6.45) is 0. The minimum absolute atomic E-state index is 0.0903. The lowest BCUT2D eigenvalue weighted by Crippen LogP contribution is -2.39. The van der Waals surface area contributed by atoms with Crippen LogP contribution in [-0.2, 0) is 9.84 Å². The van der Waals surface area contributed by atoms with Crippen molar-refractivity contribution in [3.63, 3.8) is 0 Å². The summed E-state index contributed by atoms with van der Waals surface area (Å²) < 4.78 is 23.6. The van der Waals surface area contributed by atoms with E-state index in [0.29, 0.717) is 5.02 Å². The molecule has 4 nitrogen and oxygen atoms in total. The molecule has 0 N–H and O–H groups in total. The van der Waals surface area contributed by atoms with Gasteiger partial charge in [-0.1, -0.05) is 36.4 Å². The van der Waals surface area contributed by atoms with Crippen LogP contribution >= 0.6 is 23.4 Å². The van der Waals surface area contributed by atoms with Gasteiger partial charge in [-0.3, -0.25) is 4.99 Å². The molecule has 0 unspecified atom stereocenters. The van der Waals surface area contributed by atoms with Crippen molar-refractivity contribution in [3.8, 4) is 0 Å². The molecule has 20 heavy (non-hydrogen) atoms. The number of sulfone groups is 1. The Hall–Kier alpha value is -0.720. The second-order valence-corrected chi connectivity index (χ2v) is 8.73. The molecule has 0 saturated carbocycles. The summed E-state index contributed by atoms with van der Waals surface area (Å²) in [5.41, 5.74) is 0.918. The van der Waals surface area contributed by atoms with E-state index >= 15 is 0 Å². The van der Waals surface area contributed by atoms with E-state index in [2.05, 4.69) is 11.9 Å². The van der Waals surface area contributed by atoms with E-state index in [-0.39, 0.29) is 23.6 Å². The van der Waals surface area contributed by atoms with Gasteiger partial charge in [-0.05, 0) is 24.0 Å². The van der Waals surface area contributed by atoms with Gasteiger partial charge in [0.05, 0.1) is 23.6 Å². The van der Waals surface area contributed by atoms with Crippen molar-refractivity contribution >= 4 is 44.1 Å². The maximum Gasteiger partial charge on any atom is 0.164 e. The number of fused-ring (bicyclic) bond motifs is 1. The topological polar surface area (TPSA) is 49.7 Å². The summed E-state index contributed by atoms with van der Waals surface area (Å²) in [7, 11) is -2.99. The highest BCUT2D eigenvalue weighted by atomic mass is 35.5. The molecule has 0 spiro atoms. The summed E-state index contributed by atoms with van der Waals surface area (Å²) in [4.78, 5) is 6.64. The number of hydrogen-bond donors (Lipinski definition) is 0. The highest BCUT2D eigenvalue weighted by Crippen LogP contribution is 2.35. The van der Waals surface area contributed by atoms with Crippen molar-refractivity contribution in [2.45, 2.75) is 19.0 Å². The molecule has 0 bridgehead atoms. The number of thioether (sulfide) groups is 1. The number of hydrogen-bond acceptors (Lipinski definition) is 5. The SMILES string of the molecule is CCSC1=N[C@@H]2CS(=O)(=O)C[C@H]2N1c1cccc(Cl)c1. The maximum atomic E-state index is 11.8. The molecule has 0 amide bonds. The number of nitrogens with zero attached hydrogens (tertiary/aromatic N) is 2. The second kappa shape index (κ2) is 5.24. The number of amidine groups is 1. The van der Waals surface area contributed by atoms with Gasteiger partial charge >= 0.3 is 0 Å². The number of anilines is 1. The second-order valence-electron chi connectivity index (χ2n) is 4.91. The Bertz CT molecular complexity index is 660. The largest absolute Gasteiger partial charge is 0.315 e. The molecule has 108 valence electrons. The van der Waals surface area contributed by atoms with Crippen LogP contribution in [0.4, 0.5) is 5.69 Å². The van der Waals surface area contributed by atoms with Gasteiger partial charge in [0.2, 0.25) is 0 Å². The van der Waals surface area contributed by atoms with Gasteiger partial charge in [0.1, 0.15) is 0 Å². The molecule has 1 saturated heterocycles. The predicted octanol–water partition coefficient (Wildman–Crippen LogP) is 2.43. The molecule has 2 heterocycles. The minimum atomic E-state index is -2.99. The van der Waals surface area contributed by atoms with Crippen LogP contribution in [0.1, 0.15) is 6.92 Å². The molecule has 2 aliphatic rings. The first-order valence-electron chi connectivity index (χ1n) is 6.46. The zero-order valence-corrected chi connectivity index (χ0v) is 13.4. The van der Waals surface area contributed by atoms with E-state index in [1.807, 2.05) is 29.2 Å². The van der Waals surface area contributed by atoms with Crippen molar-refractivity contribution in [1.82, 2.24) is 0 Å². The first-order chi connectivity index (χ1) is 9.50. The minimum Gasteiger partial charge on any atom is -0.315 e. The Morgan fingerprint density at radius 1 is 1.45 bits per heavy atom. The van der Waals surface area contributed by atoms with Gasteiger partial charge in [0.15, 0.2) is 15.0 Å². The summed E-state index contributed by atoms with van der Waals surface area (Å²) in [6.45, 7) is 2.06. The van der Waals surface area contributed by atoms with Crippen LogP contribution in [0.3, 0.4) is 0 Å². The number of benzene rings is 1. The standard InChI is InChI=1S/C13H15ClN2O2S2/c1-2-19-13-15-11-7-20(17,18)8-12(11)16(13)10-5-3-4-9(14)6-10/h3-6,11-12H,2,7-8H2,1H3/t11-,12-/m1/s1. The molecule has 1 fully saturated rings. The van der Waals surface area contributed by atoms with Gasteiger partial charge in [-0.15, -0.1) is 0 Å². The smallest absolute Gasteiger partial charge is 0.164 e. The molecule has 2 atom stereocenters. The van der Waals surface area contributed by atoms with E-state index in [4.69, 9.17) is 11.6 Å². The highest BCUT2D eigenvalue weighted by Gasteiger charge is 2.46. The zero-order chi connectivity index (χ0) is 14.3. The molecule has 0 aromatic heterocycles. The fourth-order valence-electron chi connectivity index (χ4n) is 2.69. The van der Waals surface area contributed by atoms with Crippen LogP contribution in [-0.4, -0.2) is 42.9 Å². The van der Waals surface area contributed by atoms with Crippen LogP contribution in [0.2, 0.25) is 5.02 Å². The first kappa shape index (κ1) is 14.2. The average molecular weight is 331 g/mol. The van der Waals surface area contributed by atoms with E-state index in [0.717, 1.165) is 16.6 Å². The Kier molecular flexibility index (Phi) is 3.73. The van der Waals surface area contributed by atoms with Gasteiger partial charge in [0, 0.05) is 10.7 Å². The van der Waals surface area contributed by atoms with Crippen molar-refractivity contribution in [2.24, 2.45) is 4.99 Å². The molecular weight excluding hydrogens is 316 g/mol. The Morgan fingerprint density at radius 2 is 2.25 bits per heavy atom. The van der Waals surface area contributed by atoms with Crippen molar-refractivity contribution in [1.29, 1.82) is 0 Å². The summed E-state index contributed by atoms with van der Waals surface area (Å²) >= 11 is 7.70. The lowest BCUT2D eigenvalue weighted by molar-refractivity contribution is 0.601. The Labute approximate surface area is 128 Å². The van der Waals surface area contributed by atoms with E-state index in [1.165, 1.54) is 0 Å². The lowest BCUT2D eigenvalue weighted by Gasteiger charge is -2.26. The summed E-state index contributed by atoms with van der Waals surface area (Å²) in [5.74, 6) is 1.23. The quantitative estimate of drug-likeness (QED) is 0.835. The third-order valence-corrected chi connectivity index (χ3v) is 6.25. The third-order valence-electron chi connectivity index (χ3n) is 3.47. The monoisotopic (exact) mass is 330 g/mol. The fraction of sp³-hybridized carbons (Fsp3) is 0.462. The molecule has 0 aliphatic carbocycles. The normalized spacial score (nSPS) is 27.5. The van der Waals surface area contributed by atoms with Crippen LogP contribution in [0.15, 0.2) is 29.3 Å². The Morgan fingerprint density at radius 3 is 2.95 bits per heavy atom. The van der Waals surface area contributed by atoms with Gasteiger partial charge in [-0.2, -0.15) is 0 Å². The molecule has 2 aliphatic heterocycles. The van der Waals surface area contributed by atoms with Gasteiger partial charge in [-0.25, -0.2) is 8.42 Å². The predicted molar refractivity (Wildman–Crippen MR) is 85.7 cm³/mol. The highest BCUT2D eigenvalue weighted by molar-refractivity contribution is 8.14. The molecule has 1 aromatic rings. The van der Waals surface area contributed by atoms with E-state index < -0.39 is 9.84 Å². The fourth-order valence-corrected chi connectivity index (χ4v) is 5.57. The lowest BCUT2D eigenvalue weighted by atomic mass is 10.1. The van der Waals surface area contributed by atoms with Gasteiger partial charge in [0.25, 0.3) is 0 Å². The average Bonchev–Trinajstić information content (AvgIpc) is 2.80. The molecular formula is C13H15ClN2O2S2. The van der Waals surface area contributed by atoms with Crippen LogP contribution in [0.5, 0.6) is 0 Å². The molecule has 3 rings (SSSR count). The number of halogens is 1. The number of rotatable bonds is 2. The number of aliphatic imine (C=N–C) groups is 1. The summed E-state index contributed by atoms with van der Waals surface area (Å²) in [6, 6.07) is 7.27. The molecule has 1 aromatic carbocycles. The van der Waals surface area contributed by atoms with Crippen molar-refractivity contribution in [3.05, 3.63) is 29.3 Å². The van der Waals surface area contributed by atoms with E-state index in [1.54, 1.807) is 11.8 Å². The van der Waals surface area contributed by atoms with Crippen LogP contribution in [0.25, 0.3) is 0 Å². The van der Waals surface area contributed by atoms with Gasteiger partial charge < -0.3 is 4.90 Å². The summed E-state index contributed by atoms with van der Waals surface area (Å²) in [5, 5.41) is 1.55. The Balaban J connectivity index is 2.00. The maximum absolute atomic E-state index is 11.8. The van der Waals surface area contributed by atoms with Crippen LogP contribution < -0.4 is 4.90 Å².